The molecule has 1 aromatic carbocycles. The second-order valence-corrected chi connectivity index (χ2v) is 4.22. The van der Waals surface area contributed by atoms with E-state index < -0.39 is 5.92 Å². The molecule has 1 atom stereocenters. The van der Waals surface area contributed by atoms with Gasteiger partial charge in [0, 0.05) is 12.1 Å². The Balaban J connectivity index is 2.08. The minimum Gasteiger partial charge on any atom is -0.325 e. The van der Waals surface area contributed by atoms with Crippen molar-refractivity contribution in [2.75, 3.05) is 5.32 Å². The van der Waals surface area contributed by atoms with Crippen LogP contribution in [0.15, 0.2) is 24.3 Å². The fourth-order valence-electron chi connectivity index (χ4n) is 2.03. The lowest BCUT2D eigenvalue weighted by atomic mass is 10.1. The molecule has 1 saturated carbocycles. The molecule has 0 aliphatic heterocycles. The van der Waals surface area contributed by atoms with E-state index >= 15 is 0 Å². The molecule has 84 valence electrons. The number of rotatable bonds is 2. The highest BCUT2D eigenvalue weighted by Crippen LogP contribution is 2.23. The van der Waals surface area contributed by atoms with E-state index in [2.05, 4.69) is 5.32 Å². The van der Waals surface area contributed by atoms with Crippen LogP contribution in [0.2, 0.25) is 0 Å². The largest absolute Gasteiger partial charge is 0.325 e. The zero-order chi connectivity index (χ0) is 11.5. The molecule has 1 fully saturated rings. The molecular weight excluding hydrogens is 202 g/mol. The van der Waals surface area contributed by atoms with Crippen molar-refractivity contribution in [1.29, 1.82) is 0 Å². The normalized spacial score (nSPS) is 19.8. The minimum absolute atomic E-state index is 0.0751. The number of anilines is 1. The average Bonchev–Trinajstić information content (AvgIpc) is 2.68. The molecule has 3 heteroatoms. The van der Waals surface area contributed by atoms with Crippen molar-refractivity contribution in [1.82, 2.24) is 0 Å². The molecule has 1 amide bonds. The van der Waals surface area contributed by atoms with Crippen LogP contribution >= 0.6 is 0 Å². The molecular formula is C13H15NO2. The van der Waals surface area contributed by atoms with Crippen molar-refractivity contribution in [2.45, 2.75) is 26.2 Å². The molecule has 0 heterocycles. The van der Waals surface area contributed by atoms with E-state index in [1.165, 1.54) is 0 Å². The number of Topliss-reactive ketones (excluding diaryl/α,β-unsaturated/α-hetero) is 1. The third kappa shape index (κ3) is 2.13. The summed E-state index contributed by atoms with van der Waals surface area (Å²) in [5.41, 5.74) is 1.81. The van der Waals surface area contributed by atoms with Gasteiger partial charge in [-0.2, -0.15) is 0 Å². The summed E-state index contributed by atoms with van der Waals surface area (Å²) < 4.78 is 0. The van der Waals surface area contributed by atoms with Crippen LogP contribution in [0.5, 0.6) is 0 Å². The van der Waals surface area contributed by atoms with Crippen LogP contribution in [-0.2, 0) is 9.59 Å². The molecule has 0 bridgehead atoms. The lowest BCUT2D eigenvalue weighted by Gasteiger charge is -2.11. The van der Waals surface area contributed by atoms with Crippen molar-refractivity contribution in [3.63, 3.8) is 0 Å². The van der Waals surface area contributed by atoms with Gasteiger partial charge in [-0.3, -0.25) is 9.59 Å². The van der Waals surface area contributed by atoms with Gasteiger partial charge in [0.15, 0.2) is 0 Å². The van der Waals surface area contributed by atoms with Gasteiger partial charge in [0.2, 0.25) is 5.91 Å². The Kier molecular flexibility index (Phi) is 3.04. The second-order valence-electron chi connectivity index (χ2n) is 4.22. The van der Waals surface area contributed by atoms with Gasteiger partial charge < -0.3 is 5.32 Å². The monoisotopic (exact) mass is 217 g/mol. The van der Waals surface area contributed by atoms with E-state index in [1.54, 1.807) is 0 Å². The summed E-state index contributed by atoms with van der Waals surface area (Å²) in [6.45, 7) is 1.94. The molecule has 16 heavy (non-hydrogen) atoms. The Bertz CT molecular complexity index is 426. The SMILES string of the molecule is Cc1ccccc1NC(=O)[C@H]1CCCC1=O. The van der Waals surface area contributed by atoms with Crippen LogP contribution in [0.4, 0.5) is 5.69 Å². The highest BCUT2D eigenvalue weighted by Gasteiger charge is 2.30. The second kappa shape index (κ2) is 4.47. The highest BCUT2D eigenvalue weighted by molar-refractivity contribution is 6.08. The number of aryl methyl sites for hydroxylation is 1. The number of hydrogen-bond acceptors (Lipinski definition) is 2. The van der Waals surface area contributed by atoms with Crippen molar-refractivity contribution in [3.8, 4) is 0 Å². The van der Waals surface area contributed by atoms with Crippen molar-refractivity contribution in [3.05, 3.63) is 29.8 Å². The van der Waals surface area contributed by atoms with Crippen LogP contribution < -0.4 is 5.32 Å². The lowest BCUT2D eigenvalue weighted by Crippen LogP contribution is -2.25. The van der Waals surface area contributed by atoms with Gasteiger partial charge in [-0.15, -0.1) is 0 Å². The molecule has 1 aliphatic rings. The van der Waals surface area contributed by atoms with Gasteiger partial charge in [0.1, 0.15) is 5.78 Å². The van der Waals surface area contributed by atoms with Crippen LogP contribution in [0, 0.1) is 12.8 Å². The summed E-state index contributed by atoms with van der Waals surface area (Å²) in [7, 11) is 0. The number of carbonyl (C=O) groups excluding carboxylic acids is 2. The fourth-order valence-corrected chi connectivity index (χ4v) is 2.03. The fraction of sp³-hybridized carbons (Fsp3) is 0.385. The Morgan fingerprint density at radius 2 is 2.12 bits per heavy atom. The molecule has 0 saturated heterocycles. The standard InChI is InChI=1S/C13H15NO2/c1-9-5-2-3-7-11(9)14-13(16)10-6-4-8-12(10)15/h2-3,5,7,10H,4,6,8H2,1H3,(H,14,16)/t10-/m0/s1. The average molecular weight is 217 g/mol. The van der Waals surface area contributed by atoms with Gasteiger partial charge in [0.05, 0.1) is 5.92 Å². The molecule has 0 aromatic heterocycles. The van der Waals surface area contributed by atoms with Gasteiger partial charge in [0.25, 0.3) is 0 Å². The first-order chi connectivity index (χ1) is 7.68. The minimum atomic E-state index is -0.431. The van der Waals surface area contributed by atoms with Gasteiger partial charge in [-0.1, -0.05) is 18.2 Å². The van der Waals surface area contributed by atoms with Crippen molar-refractivity contribution in [2.24, 2.45) is 5.92 Å². The van der Waals surface area contributed by atoms with E-state index in [0.717, 1.165) is 17.7 Å². The number of ketones is 1. The maximum absolute atomic E-state index is 11.8. The number of amides is 1. The Morgan fingerprint density at radius 3 is 2.75 bits per heavy atom. The van der Waals surface area contributed by atoms with Gasteiger partial charge in [-0.25, -0.2) is 0 Å². The van der Waals surface area contributed by atoms with Crippen molar-refractivity contribution < 1.29 is 9.59 Å². The first-order valence-corrected chi connectivity index (χ1v) is 5.57. The van der Waals surface area contributed by atoms with Gasteiger partial charge >= 0.3 is 0 Å². The predicted molar refractivity (Wildman–Crippen MR) is 62.2 cm³/mol. The predicted octanol–water partition coefficient (Wildman–Crippen LogP) is 2.30. The molecule has 3 nitrogen and oxygen atoms in total. The lowest BCUT2D eigenvalue weighted by molar-refractivity contribution is -0.129. The first-order valence-electron chi connectivity index (χ1n) is 5.57. The Labute approximate surface area is 94.9 Å². The summed E-state index contributed by atoms with van der Waals surface area (Å²) in [5.74, 6) is -0.512. The molecule has 1 aromatic rings. The Morgan fingerprint density at radius 1 is 1.38 bits per heavy atom. The van der Waals surface area contributed by atoms with E-state index in [1.807, 2.05) is 31.2 Å². The van der Waals surface area contributed by atoms with Crippen LogP contribution in [0.1, 0.15) is 24.8 Å². The van der Waals surface area contributed by atoms with E-state index in [0.29, 0.717) is 12.8 Å². The van der Waals surface area contributed by atoms with Crippen LogP contribution in [0.25, 0.3) is 0 Å². The third-order valence-corrected chi connectivity index (χ3v) is 3.02. The zero-order valence-corrected chi connectivity index (χ0v) is 9.32. The van der Waals surface area contributed by atoms with Gasteiger partial charge in [-0.05, 0) is 31.4 Å². The molecule has 0 unspecified atom stereocenters. The summed E-state index contributed by atoms with van der Waals surface area (Å²) >= 11 is 0. The summed E-state index contributed by atoms with van der Waals surface area (Å²) in [5, 5.41) is 2.82. The van der Waals surface area contributed by atoms with Crippen molar-refractivity contribution >= 4 is 17.4 Å². The molecule has 1 N–H and O–H groups in total. The zero-order valence-electron chi connectivity index (χ0n) is 9.32. The number of nitrogens with one attached hydrogen (secondary N) is 1. The quantitative estimate of drug-likeness (QED) is 0.772. The first kappa shape index (κ1) is 10.9. The number of hydrogen-bond donors (Lipinski definition) is 1. The topological polar surface area (TPSA) is 46.2 Å². The highest BCUT2D eigenvalue weighted by atomic mass is 16.2. The number of carbonyl (C=O) groups is 2. The molecule has 0 spiro atoms. The summed E-state index contributed by atoms with van der Waals surface area (Å²) in [4.78, 5) is 23.3. The van der Waals surface area contributed by atoms with Crippen LogP contribution in [-0.4, -0.2) is 11.7 Å². The summed E-state index contributed by atoms with van der Waals surface area (Å²) in [6, 6.07) is 7.59. The molecule has 2 rings (SSSR count). The smallest absolute Gasteiger partial charge is 0.234 e. The maximum Gasteiger partial charge on any atom is 0.234 e. The van der Waals surface area contributed by atoms with Crippen LogP contribution in [0.3, 0.4) is 0 Å². The molecule has 1 aliphatic carbocycles. The van der Waals surface area contributed by atoms with E-state index in [-0.39, 0.29) is 11.7 Å². The molecule has 0 radical (unpaired) electrons. The number of para-hydroxylation sites is 1. The Hall–Kier alpha value is -1.64. The maximum atomic E-state index is 11.8. The third-order valence-electron chi connectivity index (χ3n) is 3.02. The van der Waals surface area contributed by atoms with E-state index in [4.69, 9.17) is 0 Å². The number of benzene rings is 1. The summed E-state index contributed by atoms with van der Waals surface area (Å²) in [6.07, 6.45) is 2.08. The van der Waals surface area contributed by atoms with E-state index in [9.17, 15) is 9.59 Å².